The molecule has 0 fully saturated rings. The lowest BCUT2D eigenvalue weighted by molar-refractivity contribution is 0.310. The average Bonchev–Trinajstić information content (AvgIpc) is 2.54. The predicted molar refractivity (Wildman–Crippen MR) is 69.6 cm³/mol. The summed E-state index contributed by atoms with van der Waals surface area (Å²) in [6.07, 6.45) is 2.40. The van der Waals surface area contributed by atoms with Gasteiger partial charge in [-0.1, -0.05) is 33.8 Å². The molecule has 0 radical (unpaired) electrons. The van der Waals surface area contributed by atoms with Gasteiger partial charge in [0.1, 0.15) is 0 Å². The molecule has 0 saturated carbocycles. The van der Waals surface area contributed by atoms with Gasteiger partial charge in [-0.3, -0.25) is 0 Å². The largest absolute Gasteiger partial charge is 0.314 e. The van der Waals surface area contributed by atoms with Gasteiger partial charge in [0.2, 0.25) is 0 Å². The molecule has 0 aromatic carbocycles. The topological polar surface area (TPSA) is 12.0 Å². The number of hydrogen-bond acceptors (Lipinski definition) is 2. The van der Waals surface area contributed by atoms with E-state index in [9.17, 15) is 0 Å². The minimum atomic E-state index is 0.407. The van der Waals surface area contributed by atoms with Gasteiger partial charge in [-0.15, -0.1) is 11.3 Å². The summed E-state index contributed by atoms with van der Waals surface area (Å²) in [7, 11) is 0. The maximum atomic E-state index is 3.58. The first-order chi connectivity index (χ1) is 7.01. The Morgan fingerprint density at radius 2 is 2.13 bits per heavy atom. The van der Waals surface area contributed by atoms with Crippen LogP contribution in [0.5, 0.6) is 0 Å². The smallest absolute Gasteiger partial charge is 0.0120 e. The summed E-state index contributed by atoms with van der Waals surface area (Å²) in [5.41, 5.74) is 0.407. The highest BCUT2D eigenvalue weighted by Gasteiger charge is 2.18. The summed E-state index contributed by atoms with van der Waals surface area (Å²) in [4.78, 5) is 1.49. The van der Waals surface area contributed by atoms with E-state index in [0.29, 0.717) is 11.5 Å². The second-order valence-corrected chi connectivity index (χ2v) is 6.34. The van der Waals surface area contributed by atoms with Crippen LogP contribution in [-0.2, 0) is 6.42 Å². The van der Waals surface area contributed by atoms with Crippen molar-refractivity contribution in [2.45, 2.75) is 46.6 Å². The maximum Gasteiger partial charge on any atom is 0.0120 e. The van der Waals surface area contributed by atoms with Crippen LogP contribution < -0.4 is 5.32 Å². The summed E-state index contributed by atoms with van der Waals surface area (Å²) in [5.74, 6) is 0. The van der Waals surface area contributed by atoms with Crippen molar-refractivity contribution in [2.24, 2.45) is 5.41 Å². The molecule has 0 aliphatic rings. The van der Waals surface area contributed by atoms with Crippen molar-refractivity contribution in [2.75, 3.05) is 6.54 Å². The van der Waals surface area contributed by atoms with Crippen LogP contribution in [0.2, 0.25) is 0 Å². The Kier molecular flexibility index (Phi) is 4.81. The van der Waals surface area contributed by atoms with Crippen LogP contribution in [0.25, 0.3) is 0 Å². The fourth-order valence-corrected chi connectivity index (χ4v) is 2.70. The van der Waals surface area contributed by atoms with Gasteiger partial charge in [-0.25, -0.2) is 0 Å². The van der Waals surface area contributed by atoms with Crippen molar-refractivity contribution in [3.05, 3.63) is 22.4 Å². The molecule has 1 nitrogen and oxygen atoms in total. The van der Waals surface area contributed by atoms with E-state index in [-0.39, 0.29) is 0 Å². The summed E-state index contributed by atoms with van der Waals surface area (Å²) in [6, 6.07) is 4.99. The molecule has 1 aromatic rings. The van der Waals surface area contributed by atoms with Gasteiger partial charge in [0.05, 0.1) is 0 Å². The van der Waals surface area contributed by atoms with Gasteiger partial charge in [-0.2, -0.15) is 0 Å². The van der Waals surface area contributed by atoms with Crippen LogP contribution in [0.4, 0.5) is 0 Å². The molecule has 0 aliphatic heterocycles. The minimum Gasteiger partial charge on any atom is -0.314 e. The molecule has 0 aliphatic carbocycles. The zero-order chi connectivity index (χ0) is 11.3. The average molecular weight is 225 g/mol. The molecular weight excluding hydrogens is 202 g/mol. The molecule has 1 N–H and O–H groups in total. The third-order valence-corrected chi connectivity index (χ3v) is 3.28. The monoisotopic (exact) mass is 225 g/mol. The van der Waals surface area contributed by atoms with Crippen molar-refractivity contribution in [1.82, 2.24) is 5.32 Å². The molecule has 86 valence electrons. The molecule has 0 saturated heterocycles. The summed E-state index contributed by atoms with van der Waals surface area (Å²) in [5, 5.41) is 5.75. The molecule has 1 atom stereocenters. The van der Waals surface area contributed by atoms with Crippen LogP contribution in [0.15, 0.2) is 17.5 Å². The van der Waals surface area contributed by atoms with Crippen molar-refractivity contribution in [3.8, 4) is 0 Å². The van der Waals surface area contributed by atoms with E-state index in [1.165, 1.54) is 17.7 Å². The van der Waals surface area contributed by atoms with Gasteiger partial charge < -0.3 is 5.32 Å². The van der Waals surface area contributed by atoms with Gasteiger partial charge in [0.25, 0.3) is 0 Å². The predicted octanol–water partition coefficient (Wildman–Crippen LogP) is 3.70. The zero-order valence-corrected chi connectivity index (χ0v) is 11.2. The molecule has 2 heteroatoms. The second kappa shape index (κ2) is 5.66. The van der Waals surface area contributed by atoms with Crippen molar-refractivity contribution in [1.29, 1.82) is 0 Å². The van der Waals surface area contributed by atoms with Crippen LogP contribution >= 0.6 is 11.3 Å². The summed E-state index contributed by atoms with van der Waals surface area (Å²) >= 11 is 1.86. The van der Waals surface area contributed by atoms with Gasteiger partial charge in [0.15, 0.2) is 0 Å². The normalized spacial score (nSPS) is 14.1. The first kappa shape index (κ1) is 12.7. The first-order valence-corrected chi connectivity index (χ1v) is 6.65. The SMILES string of the molecule is CCNC(Cc1cccs1)CC(C)(C)C. The molecule has 0 bridgehead atoms. The van der Waals surface area contributed by atoms with E-state index in [1.807, 2.05) is 11.3 Å². The second-order valence-electron chi connectivity index (χ2n) is 5.30. The molecule has 15 heavy (non-hydrogen) atoms. The Morgan fingerprint density at radius 3 is 2.60 bits per heavy atom. The zero-order valence-electron chi connectivity index (χ0n) is 10.3. The quantitative estimate of drug-likeness (QED) is 0.805. The highest BCUT2D eigenvalue weighted by molar-refractivity contribution is 7.09. The Morgan fingerprint density at radius 1 is 1.40 bits per heavy atom. The van der Waals surface area contributed by atoms with Crippen LogP contribution in [0, 0.1) is 5.41 Å². The van der Waals surface area contributed by atoms with E-state index in [0.717, 1.165) is 6.54 Å². The lowest BCUT2D eigenvalue weighted by Gasteiger charge is -2.26. The Bertz CT molecular complexity index is 259. The van der Waals surface area contributed by atoms with E-state index in [2.05, 4.69) is 50.5 Å². The highest BCUT2D eigenvalue weighted by Crippen LogP contribution is 2.23. The lowest BCUT2D eigenvalue weighted by Crippen LogP contribution is -2.34. The fraction of sp³-hybridized carbons (Fsp3) is 0.692. The molecule has 1 heterocycles. The van der Waals surface area contributed by atoms with Crippen molar-refractivity contribution < 1.29 is 0 Å². The van der Waals surface area contributed by atoms with E-state index >= 15 is 0 Å². The molecule has 0 spiro atoms. The van der Waals surface area contributed by atoms with Crippen LogP contribution in [0.1, 0.15) is 39.0 Å². The summed E-state index contributed by atoms with van der Waals surface area (Å²) in [6.45, 7) is 10.2. The summed E-state index contributed by atoms with van der Waals surface area (Å²) < 4.78 is 0. The van der Waals surface area contributed by atoms with Gasteiger partial charge >= 0.3 is 0 Å². The number of thiophene rings is 1. The van der Waals surface area contributed by atoms with Crippen molar-refractivity contribution >= 4 is 11.3 Å². The Labute approximate surface area is 97.9 Å². The van der Waals surface area contributed by atoms with E-state index in [4.69, 9.17) is 0 Å². The van der Waals surface area contributed by atoms with Gasteiger partial charge in [-0.05, 0) is 36.2 Å². The number of likely N-dealkylation sites (N-methyl/N-ethyl adjacent to an activating group) is 1. The van der Waals surface area contributed by atoms with Crippen molar-refractivity contribution in [3.63, 3.8) is 0 Å². The molecule has 0 amide bonds. The third-order valence-electron chi connectivity index (χ3n) is 2.38. The number of rotatable bonds is 5. The first-order valence-electron chi connectivity index (χ1n) is 5.77. The highest BCUT2D eigenvalue weighted by atomic mass is 32.1. The van der Waals surface area contributed by atoms with Crippen LogP contribution in [-0.4, -0.2) is 12.6 Å². The molecule has 1 aromatic heterocycles. The molecular formula is C13H23NS. The minimum absolute atomic E-state index is 0.407. The number of hydrogen-bond donors (Lipinski definition) is 1. The third kappa shape index (κ3) is 5.33. The number of nitrogens with one attached hydrogen (secondary N) is 1. The maximum absolute atomic E-state index is 3.58. The Balaban J connectivity index is 2.51. The fourth-order valence-electron chi connectivity index (χ4n) is 1.92. The van der Waals surface area contributed by atoms with Gasteiger partial charge in [0, 0.05) is 10.9 Å². The lowest BCUT2D eigenvalue weighted by atomic mass is 9.87. The Hall–Kier alpha value is -0.340. The van der Waals surface area contributed by atoms with Crippen LogP contribution in [0.3, 0.4) is 0 Å². The molecule has 1 unspecified atom stereocenters. The van der Waals surface area contributed by atoms with E-state index < -0.39 is 0 Å². The standard InChI is InChI=1S/C13H23NS/c1-5-14-11(10-13(2,3)4)9-12-7-6-8-15-12/h6-8,11,14H,5,9-10H2,1-4H3. The molecule has 1 rings (SSSR count). The van der Waals surface area contributed by atoms with E-state index in [1.54, 1.807) is 0 Å².